The van der Waals surface area contributed by atoms with Crippen LogP contribution in [-0.4, -0.2) is 29.2 Å². The van der Waals surface area contributed by atoms with Gasteiger partial charge in [0.2, 0.25) is 0 Å². The zero-order chi connectivity index (χ0) is 14.0. The Bertz CT molecular complexity index is 453. The van der Waals surface area contributed by atoms with Crippen molar-refractivity contribution >= 4 is 37.5 Å². The summed E-state index contributed by atoms with van der Waals surface area (Å²) in [6, 6.07) is 4.24. The zero-order valence-electron chi connectivity index (χ0n) is 11.1. The second-order valence-corrected chi connectivity index (χ2v) is 7.06. The molecule has 1 aromatic rings. The van der Waals surface area contributed by atoms with Gasteiger partial charge in [-0.05, 0) is 53.5 Å². The number of hydrogen-bond acceptors (Lipinski definition) is 3. The number of halogens is 2. The minimum atomic E-state index is -0.212. The lowest BCUT2D eigenvalue weighted by Gasteiger charge is -2.35. The number of benzene rings is 1. The van der Waals surface area contributed by atoms with Crippen molar-refractivity contribution < 1.29 is 5.11 Å². The maximum Gasteiger partial charge on any atom is 0.0695 e. The second-order valence-electron chi connectivity index (χ2n) is 5.29. The number of nitrogens with two attached hydrogens (primary N) is 1. The third kappa shape index (κ3) is 3.72. The second kappa shape index (κ2) is 6.57. The minimum absolute atomic E-state index is 0.212. The first-order valence-electron chi connectivity index (χ1n) is 6.60. The van der Waals surface area contributed by atoms with Gasteiger partial charge in [0.15, 0.2) is 0 Å². The molecule has 2 atom stereocenters. The molecular formula is C14H20Br2N2O. The highest BCUT2D eigenvalue weighted by atomic mass is 79.9. The lowest BCUT2D eigenvalue weighted by Crippen LogP contribution is -2.42. The molecule has 0 spiro atoms. The highest BCUT2D eigenvalue weighted by molar-refractivity contribution is 9.11. The monoisotopic (exact) mass is 390 g/mol. The number of nitrogens with zero attached hydrogens (tertiary/aromatic N) is 1. The first kappa shape index (κ1) is 15.3. The number of rotatable bonds is 3. The smallest absolute Gasteiger partial charge is 0.0695 e. The van der Waals surface area contributed by atoms with Crippen molar-refractivity contribution in [2.75, 3.05) is 12.8 Å². The summed E-state index contributed by atoms with van der Waals surface area (Å²) in [5.74, 6) is 0. The van der Waals surface area contributed by atoms with Gasteiger partial charge in [0.1, 0.15) is 0 Å². The summed E-state index contributed by atoms with van der Waals surface area (Å²) in [7, 11) is 2.06. The van der Waals surface area contributed by atoms with Crippen LogP contribution in [0.4, 0.5) is 5.69 Å². The number of aliphatic hydroxyl groups is 1. The summed E-state index contributed by atoms with van der Waals surface area (Å²) in [6.45, 7) is 0.756. The van der Waals surface area contributed by atoms with Crippen LogP contribution < -0.4 is 5.73 Å². The van der Waals surface area contributed by atoms with E-state index in [1.807, 2.05) is 12.1 Å². The van der Waals surface area contributed by atoms with Crippen molar-refractivity contribution in [3.05, 3.63) is 26.6 Å². The van der Waals surface area contributed by atoms with E-state index in [-0.39, 0.29) is 12.1 Å². The Kier molecular flexibility index (Phi) is 5.29. The molecule has 3 N–H and O–H groups in total. The van der Waals surface area contributed by atoms with E-state index in [1.54, 1.807) is 0 Å². The van der Waals surface area contributed by atoms with Crippen molar-refractivity contribution in [1.29, 1.82) is 0 Å². The number of hydrogen-bond donors (Lipinski definition) is 2. The van der Waals surface area contributed by atoms with Crippen LogP contribution in [-0.2, 0) is 6.54 Å². The first-order valence-corrected chi connectivity index (χ1v) is 8.19. The normalized spacial score (nSPS) is 23.8. The van der Waals surface area contributed by atoms with E-state index in [2.05, 4.69) is 43.8 Å². The summed E-state index contributed by atoms with van der Waals surface area (Å²) in [4.78, 5) is 2.22. The van der Waals surface area contributed by atoms with E-state index in [0.29, 0.717) is 0 Å². The fraction of sp³-hybridized carbons (Fsp3) is 0.571. The maximum absolute atomic E-state index is 10.1. The van der Waals surface area contributed by atoms with Gasteiger partial charge in [0.05, 0.1) is 11.8 Å². The molecule has 0 aromatic heterocycles. The van der Waals surface area contributed by atoms with Gasteiger partial charge < -0.3 is 10.8 Å². The fourth-order valence-corrected chi connectivity index (χ4v) is 4.07. The lowest BCUT2D eigenvalue weighted by molar-refractivity contribution is 0.0289. The molecule has 0 unspecified atom stereocenters. The topological polar surface area (TPSA) is 49.5 Å². The minimum Gasteiger partial charge on any atom is -0.398 e. The Balaban J connectivity index is 2.12. The van der Waals surface area contributed by atoms with Crippen LogP contribution in [0, 0.1) is 0 Å². The predicted molar refractivity (Wildman–Crippen MR) is 86.0 cm³/mol. The third-order valence-electron chi connectivity index (χ3n) is 3.86. The van der Waals surface area contributed by atoms with E-state index in [9.17, 15) is 5.11 Å². The molecule has 3 nitrogen and oxygen atoms in total. The quantitative estimate of drug-likeness (QED) is 0.775. The van der Waals surface area contributed by atoms with Crippen LogP contribution in [0.1, 0.15) is 31.2 Å². The molecule has 0 radical (unpaired) electrons. The van der Waals surface area contributed by atoms with Gasteiger partial charge in [0.25, 0.3) is 0 Å². The summed E-state index contributed by atoms with van der Waals surface area (Å²) in [6.07, 6.45) is 4.09. The highest BCUT2D eigenvalue weighted by Gasteiger charge is 2.26. The molecule has 5 heteroatoms. The summed E-state index contributed by atoms with van der Waals surface area (Å²) in [5.41, 5.74) is 7.97. The van der Waals surface area contributed by atoms with Crippen molar-refractivity contribution in [1.82, 2.24) is 4.90 Å². The van der Waals surface area contributed by atoms with Crippen LogP contribution in [0.15, 0.2) is 21.1 Å². The van der Waals surface area contributed by atoms with Gasteiger partial charge >= 0.3 is 0 Å². The third-order valence-corrected chi connectivity index (χ3v) is 4.97. The van der Waals surface area contributed by atoms with Gasteiger partial charge in [-0.2, -0.15) is 0 Å². The average Bonchev–Trinajstić information content (AvgIpc) is 2.35. The molecule has 1 aliphatic rings. The van der Waals surface area contributed by atoms with Gasteiger partial charge in [-0.1, -0.05) is 28.8 Å². The molecular weight excluding hydrogens is 372 g/mol. The standard InChI is InChI=1S/C14H20Br2N2O/c1-18(12-4-2-3-5-13(12)19)8-9-6-10(15)7-11(16)14(9)17/h6-7,12-13,19H,2-5,8,17H2,1H3/t12-,13-/m1/s1. The molecule has 1 aliphatic carbocycles. The van der Waals surface area contributed by atoms with Crippen LogP contribution >= 0.6 is 31.9 Å². The Morgan fingerprint density at radius 3 is 2.68 bits per heavy atom. The Labute approximate surface area is 131 Å². The summed E-state index contributed by atoms with van der Waals surface area (Å²) >= 11 is 6.96. The molecule has 0 amide bonds. The van der Waals surface area contributed by atoms with Crippen molar-refractivity contribution in [3.63, 3.8) is 0 Å². The molecule has 19 heavy (non-hydrogen) atoms. The molecule has 2 rings (SSSR count). The van der Waals surface area contributed by atoms with Crippen molar-refractivity contribution in [2.45, 2.75) is 44.4 Å². The van der Waals surface area contributed by atoms with E-state index in [1.165, 1.54) is 6.42 Å². The number of anilines is 1. The molecule has 1 fully saturated rings. The Morgan fingerprint density at radius 2 is 2.00 bits per heavy atom. The van der Waals surface area contributed by atoms with Crippen LogP contribution in [0.2, 0.25) is 0 Å². The number of aliphatic hydroxyl groups excluding tert-OH is 1. The first-order chi connectivity index (χ1) is 8.99. The summed E-state index contributed by atoms with van der Waals surface area (Å²) in [5, 5.41) is 10.1. The Morgan fingerprint density at radius 1 is 1.32 bits per heavy atom. The zero-order valence-corrected chi connectivity index (χ0v) is 14.2. The number of nitrogen functional groups attached to an aromatic ring is 1. The number of likely N-dealkylation sites (N-methyl/N-ethyl adjacent to an activating group) is 1. The van der Waals surface area contributed by atoms with Crippen LogP contribution in [0.3, 0.4) is 0 Å². The molecule has 1 saturated carbocycles. The van der Waals surface area contributed by atoms with Crippen LogP contribution in [0.25, 0.3) is 0 Å². The van der Waals surface area contributed by atoms with Gasteiger partial charge in [0, 0.05) is 21.5 Å². The summed E-state index contributed by atoms with van der Waals surface area (Å²) < 4.78 is 1.93. The van der Waals surface area contributed by atoms with Gasteiger partial charge in [-0.15, -0.1) is 0 Å². The van der Waals surface area contributed by atoms with E-state index in [4.69, 9.17) is 5.73 Å². The fourth-order valence-electron chi connectivity index (χ4n) is 2.76. The SMILES string of the molecule is CN(Cc1cc(Br)cc(Br)c1N)[C@@H]1CCCC[C@H]1O. The molecule has 106 valence electrons. The molecule has 0 aliphatic heterocycles. The highest BCUT2D eigenvalue weighted by Crippen LogP contribution is 2.30. The molecule has 1 aromatic carbocycles. The van der Waals surface area contributed by atoms with Gasteiger partial charge in [-0.25, -0.2) is 0 Å². The van der Waals surface area contributed by atoms with Crippen molar-refractivity contribution in [2.24, 2.45) is 0 Å². The molecule has 0 bridgehead atoms. The van der Waals surface area contributed by atoms with E-state index >= 15 is 0 Å². The average molecular weight is 392 g/mol. The maximum atomic E-state index is 10.1. The van der Waals surface area contributed by atoms with Gasteiger partial charge in [-0.3, -0.25) is 4.90 Å². The van der Waals surface area contributed by atoms with E-state index in [0.717, 1.165) is 46.0 Å². The van der Waals surface area contributed by atoms with Crippen LogP contribution in [0.5, 0.6) is 0 Å². The predicted octanol–water partition coefficient (Wildman–Crippen LogP) is 3.53. The molecule has 0 heterocycles. The Hall–Kier alpha value is -0.100. The largest absolute Gasteiger partial charge is 0.398 e. The van der Waals surface area contributed by atoms with Crippen molar-refractivity contribution in [3.8, 4) is 0 Å². The molecule has 0 saturated heterocycles. The lowest BCUT2D eigenvalue weighted by atomic mass is 9.91. The van der Waals surface area contributed by atoms with E-state index < -0.39 is 0 Å².